The molecule has 5 nitrogen and oxygen atoms in total. The maximum Gasteiger partial charge on any atom is 0.262 e. The molecule has 0 radical (unpaired) electrons. The number of rotatable bonds is 9. The van der Waals surface area contributed by atoms with E-state index in [1.165, 1.54) is 24.3 Å². The number of benzene rings is 1. The van der Waals surface area contributed by atoms with Crippen LogP contribution < -0.4 is 10.1 Å². The molecule has 1 heterocycles. The Labute approximate surface area is 164 Å². The number of aromatic nitrogens is 1. The molecule has 1 aromatic heterocycles. The lowest BCUT2D eigenvalue weighted by atomic mass is 10.0. The number of halogens is 1. The Hall–Kier alpha value is -3.20. The van der Waals surface area contributed by atoms with Gasteiger partial charge in [-0.3, -0.25) is 4.79 Å². The summed E-state index contributed by atoms with van der Waals surface area (Å²) < 4.78 is 18.8. The van der Waals surface area contributed by atoms with Gasteiger partial charge in [0, 0.05) is 0 Å². The van der Waals surface area contributed by atoms with Gasteiger partial charge in [0.2, 0.25) is 5.95 Å². The third-order valence-electron chi connectivity index (χ3n) is 4.03. The van der Waals surface area contributed by atoms with E-state index in [2.05, 4.69) is 10.3 Å². The summed E-state index contributed by atoms with van der Waals surface area (Å²) in [6, 6.07) is 13.4. The number of ether oxygens (including phenoxy) is 1. The summed E-state index contributed by atoms with van der Waals surface area (Å²) in [5, 5.41) is 12.2. The summed E-state index contributed by atoms with van der Waals surface area (Å²) in [5.41, 5.74) is 1.03. The van der Waals surface area contributed by atoms with Crippen molar-refractivity contribution >= 4 is 12.0 Å². The first-order chi connectivity index (χ1) is 13.6. The van der Waals surface area contributed by atoms with Crippen molar-refractivity contribution in [3.8, 4) is 11.8 Å². The Morgan fingerprint density at radius 3 is 2.61 bits per heavy atom. The highest BCUT2D eigenvalue weighted by molar-refractivity contribution is 6.01. The minimum atomic E-state index is -0.666. The molecule has 28 heavy (non-hydrogen) atoms. The lowest BCUT2D eigenvalue weighted by Crippen LogP contribution is -2.29. The van der Waals surface area contributed by atoms with Gasteiger partial charge in [-0.2, -0.15) is 9.65 Å². The van der Waals surface area contributed by atoms with E-state index in [4.69, 9.17) is 4.74 Å². The third-order valence-corrected chi connectivity index (χ3v) is 4.03. The molecule has 0 fully saturated rings. The van der Waals surface area contributed by atoms with Crippen molar-refractivity contribution in [3.05, 3.63) is 65.2 Å². The number of hydrogen-bond acceptors (Lipinski definition) is 4. The van der Waals surface area contributed by atoms with Crippen LogP contribution in [0.1, 0.15) is 50.4 Å². The molecule has 0 spiro atoms. The topological polar surface area (TPSA) is 75.0 Å². The van der Waals surface area contributed by atoms with Gasteiger partial charge in [0.25, 0.3) is 5.91 Å². The fourth-order valence-corrected chi connectivity index (χ4v) is 2.66. The molecule has 0 saturated heterocycles. The van der Waals surface area contributed by atoms with Crippen molar-refractivity contribution in [2.24, 2.45) is 0 Å². The molecule has 0 aliphatic rings. The van der Waals surface area contributed by atoms with Gasteiger partial charge in [-0.05, 0) is 48.7 Å². The molecule has 0 aliphatic heterocycles. The number of hydrogen-bond donors (Lipinski definition) is 1. The molecule has 0 saturated carbocycles. The average Bonchev–Trinajstić information content (AvgIpc) is 2.70. The molecular formula is C22H24FN3O2. The molecule has 2 aromatic rings. The van der Waals surface area contributed by atoms with Crippen LogP contribution in [0.3, 0.4) is 0 Å². The number of nitrogens with zero attached hydrogens (tertiary/aromatic N) is 2. The van der Waals surface area contributed by atoms with Gasteiger partial charge < -0.3 is 10.1 Å². The van der Waals surface area contributed by atoms with Gasteiger partial charge >= 0.3 is 0 Å². The molecular weight excluding hydrogens is 357 g/mol. The minimum absolute atomic E-state index is 0.123. The van der Waals surface area contributed by atoms with Crippen LogP contribution in [0, 0.1) is 17.3 Å². The lowest BCUT2D eigenvalue weighted by Gasteiger charge is -2.19. The van der Waals surface area contributed by atoms with Gasteiger partial charge in [0.1, 0.15) is 17.4 Å². The van der Waals surface area contributed by atoms with Crippen molar-refractivity contribution in [2.45, 2.75) is 39.2 Å². The largest absolute Gasteiger partial charge is 0.494 e. The standard InChI is InChI=1S/C22H24FN3O2/c1-3-6-20(16-9-11-19(12-10-16)28-13-4-2)26-22(27)17(15-24)14-18-7-5-8-21(23)25-18/h5,7-12,14,20H,3-4,6,13H2,1-2H3,(H,26,27)/b17-14+. The minimum Gasteiger partial charge on any atom is -0.494 e. The molecule has 1 unspecified atom stereocenters. The Bertz CT molecular complexity index is 857. The number of nitriles is 1. The monoisotopic (exact) mass is 381 g/mol. The predicted molar refractivity (Wildman–Crippen MR) is 106 cm³/mol. The highest BCUT2D eigenvalue weighted by atomic mass is 19.1. The smallest absolute Gasteiger partial charge is 0.262 e. The van der Waals surface area contributed by atoms with Crippen LogP contribution in [-0.4, -0.2) is 17.5 Å². The number of amides is 1. The Balaban J connectivity index is 2.15. The highest BCUT2D eigenvalue weighted by Gasteiger charge is 2.17. The number of carbonyl (C=O) groups is 1. The maximum atomic E-state index is 13.2. The normalized spacial score (nSPS) is 12.1. The van der Waals surface area contributed by atoms with Crippen molar-refractivity contribution in [3.63, 3.8) is 0 Å². The number of nitrogens with one attached hydrogen (secondary N) is 1. The van der Waals surface area contributed by atoms with E-state index in [0.717, 1.165) is 30.6 Å². The molecule has 0 aliphatic carbocycles. The van der Waals surface area contributed by atoms with Crippen LogP contribution in [0.25, 0.3) is 6.08 Å². The summed E-state index contributed by atoms with van der Waals surface area (Å²) in [6.45, 7) is 4.72. The Morgan fingerprint density at radius 2 is 2.00 bits per heavy atom. The third kappa shape index (κ3) is 6.20. The van der Waals surface area contributed by atoms with Crippen molar-refractivity contribution in [2.75, 3.05) is 6.61 Å². The fraction of sp³-hybridized carbons (Fsp3) is 0.318. The summed E-state index contributed by atoms with van der Waals surface area (Å²) in [5.74, 6) is -0.402. The van der Waals surface area contributed by atoms with E-state index >= 15 is 0 Å². The summed E-state index contributed by atoms with van der Waals surface area (Å²) in [6.07, 6.45) is 3.79. The zero-order valence-electron chi connectivity index (χ0n) is 16.1. The van der Waals surface area contributed by atoms with Gasteiger partial charge in [-0.15, -0.1) is 0 Å². The molecule has 146 valence electrons. The first kappa shape index (κ1) is 21.1. The number of pyridine rings is 1. The van der Waals surface area contributed by atoms with Crippen molar-refractivity contribution in [1.82, 2.24) is 10.3 Å². The quantitative estimate of drug-likeness (QED) is 0.392. The van der Waals surface area contributed by atoms with Gasteiger partial charge in [-0.1, -0.05) is 38.5 Å². The van der Waals surface area contributed by atoms with E-state index in [9.17, 15) is 14.4 Å². The Kier molecular flexibility index (Phi) is 8.16. The second kappa shape index (κ2) is 10.8. The second-order valence-electron chi connectivity index (χ2n) is 6.29. The summed E-state index contributed by atoms with van der Waals surface area (Å²) >= 11 is 0. The molecule has 6 heteroatoms. The van der Waals surface area contributed by atoms with Crippen LogP contribution in [-0.2, 0) is 4.79 Å². The van der Waals surface area contributed by atoms with Gasteiger partial charge in [0.15, 0.2) is 0 Å². The highest BCUT2D eigenvalue weighted by Crippen LogP contribution is 2.22. The van der Waals surface area contributed by atoms with E-state index in [1.54, 1.807) is 0 Å². The SMILES string of the molecule is CCCOc1ccc(C(CCC)NC(=O)/C(C#N)=C/c2cccc(F)n2)cc1. The summed E-state index contributed by atoms with van der Waals surface area (Å²) in [7, 11) is 0. The maximum absolute atomic E-state index is 13.2. The molecule has 1 aromatic carbocycles. The zero-order chi connectivity index (χ0) is 20.4. The Morgan fingerprint density at radius 1 is 1.25 bits per heavy atom. The lowest BCUT2D eigenvalue weighted by molar-refractivity contribution is -0.117. The van der Waals surface area contributed by atoms with Crippen LogP contribution in [0.2, 0.25) is 0 Å². The molecule has 2 rings (SSSR count). The van der Waals surface area contributed by atoms with Crippen LogP contribution in [0.5, 0.6) is 5.75 Å². The van der Waals surface area contributed by atoms with Gasteiger partial charge in [-0.25, -0.2) is 4.98 Å². The van der Waals surface area contributed by atoms with Gasteiger partial charge in [0.05, 0.1) is 18.3 Å². The summed E-state index contributed by atoms with van der Waals surface area (Å²) in [4.78, 5) is 16.2. The first-order valence-corrected chi connectivity index (χ1v) is 9.35. The average molecular weight is 381 g/mol. The molecule has 1 amide bonds. The second-order valence-corrected chi connectivity index (χ2v) is 6.29. The van der Waals surface area contributed by atoms with E-state index in [1.807, 2.05) is 44.2 Å². The van der Waals surface area contributed by atoms with E-state index in [0.29, 0.717) is 6.61 Å². The van der Waals surface area contributed by atoms with Crippen LogP contribution in [0.4, 0.5) is 4.39 Å². The van der Waals surface area contributed by atoms with Crippen LogP contribution in [0.15, 0.2) is 48.0 Å². The number of carbonyl (C=O) groups excluding carboxylic acids is 1. The van der Waals surface area contributed by atoms with E-state index in [-0.39, 0.29) is 17.3 Å². The molecule has 0 bridgehead atoms. The fourth-order valence-electron chi connectivity index (χ4n) is 2.66. The molecule has 1 atom stereocenters. The van der Waals surface area contributed by atoms with Crippen LogP contribution >= 0.6 is 0 Å². The predicted octanol–water partition coefficient (Wildman–Crippen LogP) is 4.57. The van der Waals surface area contributed by atoms with Crippen molar-refractivity contribution < 1.29 is 13.9 Å². The molecule has 1 N–H and O–H groups in total. The van der Waals surface area contributed by atoms with E-state index < -0.39 is 11.9 Å². The van der Waals surface area contributed by atoms with Crippen molar-refractivity contribution in [1.29, 1.82) is 5.26 Å². The first-order valence-electron chi connectivity index (χ1n) is 9.35. The zero-order valence-corrected chi connectivity index (χ0v) is 16.1.